The standard InChI is InChI=1S/C34H28N2/c1-35(2)33-15-7-11-29-27(9-5-13-31(29)33)23-21-25-17-19-26(20-18-25)22-24-28-10-6-14-32-30(28)12-8-16-34(32)36(3)4/h5-20H,1-4H3. The summed E-state index contributed by atoms with van der Waals surface area (Å²) in [5, 5.41) is 4.77. The number of nitrogens with zero attached hydrogens (tertiary/aromatic N) is 2. The van der Waals surface area contributed by atoms with Crippen LogP contribution in [-0.2, 0) is 0 Å². The molecular weight excluding hydrogens is 436 g/mol. The Morgan fingerprint density at radius 2 is 0.750 bits per heavy atom. The van der Waals surface area contributed by atoms with Gasteiger partial charge in [-0.3, -0.25) is 0 Å². The number of benzene rings is 5. The average Bonchev–Trinajstić information content (AvgIpc) is 2.90. The van der Waals surface area contributed by atoms with E-state index in [1.165, 1.54) is 32.9 Å². The highest BCUT2D eigenvalue weighted by molar-refractivity contribution is 5.98. The fourth-order valence-corrected chi connectivity index (χ4v) is 4.50. The van der Waals surface area contributed by atoms with Crippen LogP contribution in [0.3, 0.4) is 0 Å². The normalized spacial score (nSPS) is 10.3. The van der Waals surface area contributed by atoms with Crippen LogP contribution in [0.4, 0.5) is 11.4 Å². The van der Waals surface area contributed by atoms with E-state index in [0.717, 1.165) is 22.3 Å². The Morgan fingerprint density at radius 3 is 1.14 bits per heavy atom. The third-order valence-corrected chi connectivity index (χ3v) is 6.33. The number of hydrogen-bond donors (Lipinski definition) is 0. The quantitative estimate of drug-likeness (QED) is 0.262. The zero-order valence-corrected chi connectivity index (χ0v) is 21.1. The van der Waals surface area contributed by atoms with Gasteiger partial charge in [-0.1, -0.05) is 72.2 Å². The van der Waals surface area contributed by atoms with Gasteiger partial charge in [0.25, 0.3) is 0 Å². The average molecular weight is 465 g/mol. The molecule has 0 saturated carbocycles. The molecule has 0 aliphatic rings. The van der Waals surface area contributed by atoms with E-state index in [9.17, 15) is 0 Å². The molecule has 0 bridgehead atoms. The Hall–Kier alpha value is -4.66. The van der Waals surface area contributed by atoms with Crippen LogP contribution in [0.5, 0.6) is 0 Å². The fourth-order valence-electron chi connectivity index (χ4n) is 4.50. The van der Waals surface area contributed by atoms with Crippen molar-refractivity contribution in [3.05, 3.63) is 119 Å². The summed E-state index contributed by atoms with van der Waals surface area (Å²) in [4.78, 5) is 4.28. The topological polar surface area (TPSA) is 6.48 Å². The molecule has 2 nitrogen and oxygen atoms in total. The molecule has 0 amide bonds. The molecule has 2 heteroatoms. The molecule has 5 aromatic rings. The molecule has 0 aromatic heterocycles. The van der Waals surface area contributed by atoms with Gasteiger partial charge in [-0.2, -0.15) is 0 Å². The minimum atomic E-state index is 0.974. The van der Waals surface area contributed by atoms with Crippen molar-refractivity contribution in [2.24, 2.45) is 0 Å². The van der Waals surface area contributed by atoms with Crippen LogP contribution in [0.1, 0.15) is 22.3 Å². The largest absolute Gasteiger partial charge is 0.377 e. The van der Waals surface area contributed by atoms with Gasteiger partial charge in [0.2, 0.25) is 0 Å². The Morgan fingerprint density at radius 1 is 0.389 bits per heavy atom. The highest BCUT2D eigenvalue weighted by Crippen LogP contribution is 2.28. The van der Waals surface area contributed by atoms with E-state index in [1.807, 2.05) is 24.3 Å². The van der Waals surface area contributed by atoms with Crippen LogP contribution in [0, 0.1) is 23.7 Å². The van der Waals surface area contributed by atoms with Crippen molar-refractivity contribution in [1.29, 1.82) is 0 Å². The molecule has 0 unspecified atom stereocenters. The molecule has 0 aliphatic carbocycles. The lowest BCUT2D eigenvalue weighted by molar-refractivity contribution is 1.14. The van der Waals surface area contributed by atoms with Crippen molar-refractivity contribution in [3.63, 3.8) is 0 Å². The van der Waals surface area contributed by atoms with Crippen molar-refractivity contribution >= 4 is 32.9 Å². The maximum atomic E-state index is 3.37. The second-order valence-corrected chi connectivity index (χ2v) is 9.22. The van der Waals surface area contributed by atoms with Crippen molar-refractivity contribution in [2.45, 2.75) is 0 Å². The molecule has 5 rings (SSSR count). The second kappa shape index (κ2) is 9.91. The smallest absolute Gasteiger partial charge is 0.0441 e. The van der Waals surface area contributed by atoms with Gasteiger partial charge in [0.1, 0.15) is 0 Å². The van der Waals surface area contributed by atoms with Gasteiger partial charge in [0.15, 0.2) is 0 Å². The SMILES string of the molecule is CN(C)c1cccc2c(C#Cc3ccc(C#Cc4cccc5c(N(C)C)cccc45)cc3)cccc12. The van der Waals surface area contributed by atoms with Gasteiger partial charge < -0.3 is 9.80 Å². The molecule has 174 valence electrons. The zero-order chi connectivity index (χ0) is 25.1. The Balaban J connectivity index is 1.42. The third-order valence-electron chi connectivity index (χ3n) is 6.33. The molecule has 0 N–H and O–H groups in total. The summed E-state index contributed by atoms with van der Waals surface area (Å²) in [5.74, 6) is 13.4. The molecule has 0 radical (unpaired) electrons. The molecule has 0 heterocycles. The van der Waals surface area contributed by atoms with E-state index in [4.69, 9.17) is 0 Å². The fraction of sp³-hybridized carbons (Fsp3) is 0.118. The third kappa shape index (κ3) is 4.63. The predicted molar refractivity (Wildman–Crippen MR) is 155 cm³/mol. The number of hydrogen-bond acceptors (Lipinski definition) is 2. The van der Waals surface area contributed by atoms with Gasteiger partial charge in [0.05, 0.1) is 0 Å². The van der Waals surface area contributed by atoms with E-state index < -0.39 is 0 Å². The van der Waals surface area contributed by atoms with Crippen LogP contribution in [-0.4, -0.2) is 28.2 Å². The van der Waals surface area contributed by atoms with Gasteiger partial charge in [0, 0.05) is 72.6 Å². The van der Waals surface area contributed by atoms with E-state index in [0.29, 0.717) is 0 Å². The summed E-state index contributed by atoms with van der Waals surface area (Å²) < 4.78 is 0. The molecule has 0 aliphatic heterocycles. The number of anilines is 2. The van der Waals surface area contributed by atoms with Crippen molar-refractivity contribution in [1.82, 2.24) is 0 Å². The predicted octanol–water partition coefficient (Wildman–Crippen LogP) is 6.92. The minimum absolute atomic E-state index is 0.974. The highest BCUT2D eigenvalue weighted by atomic mass is 15.1. The first-order valence-corrected chi connectivity index (χ1v) is 12.0. The maximum Gasteiger partial charge on any atom is 0.0441 e. The van der Waals surface area contributed by atoms with Crippen molar-refractivity contribution in [3.8, 4) is 23.7 Å². The molecule has 0 atom stereocenters. The van der Waals surface area contributed by atoms with E-state index in [1.54, 1.807) is 0 Å². The first-order chi connectivity index (χ1) is 17.5. The monoisotopic (exact) mass is 464 g/mol. The van der Waals surface area contributed by atoms with E-state index in [2.05, 4.69) is 134 Å². The molecular formula is C34H28N2. The summed E-state index contributed by atoms with van der Waals surface area (Å²) in [5.41, 5.74) is 6.41. The lowest BCUT2D eigenvalue weighted by atomic mass is 10.0. The van der Waals surface area contributed by atoms with E-state index in [-0.39, 0.29) is 0 Å². The Bertz CT molecular complexity index is 1560. The number of rotatable bonds is 2. The van der Waals surface area contributed by atoms with Crippen molar-refractivity contribution < 1.29 is 0 Å². The molecule has 5 aromatic carbocycles. The zero-order valence-electron chi connectivity index (χ0n) is 21.1. The molecule has 0 spiro atoms. The van der Waals surface area contributed by atoms with Crippen molar-refractivity contribution in [2.75, 3.05) is 38.0 Å². The Kier molecular flexibility index (Phi) is 6.36. The van der Waals surface area contributed by atoms with Crippen LogP contribution in [0.25, 0.3) is 21.5 Å². The van der Waals surface area contributed by atoms with Crippen LogP contribution >= 0.6 is 0 Å². The van der Waals surface area contributed by atoms with Crippen LogP contribution in [0.2, 0.25) is 0 Å². The van der Waals surface area contributed by atoms with Crippen LogP contribution < -0.4 is 9.80 Å². The van der Waals surface area contributed by atoms with Crippen LogP contribution in [0.15, 0.2) is 97.1 Å². The maximum absolute atomic E-state index is 3.37. The first kappa shape index (κ1) is 23.1. The summed E-state index contributed by atoms with van der Waals surface area (Å²) in [6.45, 7) is 0. The lowest BCUT2D eigenvalue weighted by Gasteiger charge is -2.15. The van der Waals surface area contributed by atoms with Gasteiger partial charge in [-0.05, 0) is 59.3 Å². The minimum Gasteiger partial charge on any atom is -0.377 e. The Labute approximate surface area is 213 Å². The van der Waals surface area contributed by atoms with Gasteiger partial charge in [-0.25, -0.2) is 0 Å². The summed E-state index contributed by atoms with van der Waals surface area (Å²) in [6, 6.07) is 33.5. The van der Waals surface area contributed by atoms with Gasteiger partial charge in [-0.15, -0.1) is 0 Å². The molecule has 36 heavy (non-hydrogen) atoms. The van der Waals surface area contributed by atoms with Gasteiger partial charge >= 0.3 is 0 Å². The first-order valence-electron chi connectivity index (χ1n) is 12.0. The number of fused-ring (bicyclic) bond motifs is 2. The molecule has 0 saturated heterocycles. The second-order valence-electron chi connectivity index (χ2n) is 9.22. The summed E-state index contributed by atoms with van der Waals surface area (Å²) >= 11 is 0. The highest BCUT2D eigenvalue weighted by Gasteiger charge is 2.06. The molecule has 0 fully saturated rings. The summed E-state index contributed by atoms with van der Waals surface area (Å²) in [6.07, 6.45) is 0. The lowest BCUT2D eigenvalue weighted by Crippen LogP contribution is -2.08. The summed E-state index contributed by atoms with van der Waals surface area (Å²) in [7, 11) is 8.27. The van der Waals surface area contributed by atoms with E-state index >= 15 is 0 Å².